The number of nitrogens with two attached hydrogens (primary N) is 1. The van der Waals surface area contributed by atoms with Crippen LogP contribution < -0.4 is 5.73 Å². The number of nitrogens with zero attached hydrogens (tertiary/aromatic N) is 1. The number of hydrogen-bond acceptors (Lipinski definition) is 3. The normalized spacial score (nSPS) is 30.1. The molecule has 2 fully saturated rings. The number of amides is 1. The molecule has 0 spiro atoms. The first-order valence-electron chi connectivity index (χ1n) is 8.89. The third-order valence-corrected chi connectivity index (χ3v) is 7.12. The summed E-state index contributed by atoms with van der Waals surface area (Å²) in [5, 5.41) is 0. The maximum absolute atomic E-state index is 12.9. The van der Waals surface area contributed by atoms with Crippen molar-refractivity contribution in [3.63, 3.8) is 0 Å². The van der Waals surface area contributed by atoms with Gasteiger partial charge in [-0.15, -0.1) is 23.7 Å². The molecule has 4 rings (SSSR count). The van der Waals surface area contributed by atoms with Gasteiger partial charge in [-0.25, -0.2) is 0 Å². The molecule has 5 heteroatoms. The fourth-order valence-electron chi connectivity index (χ4n) is 4.61. The lowest BCUT2D eigenvalue weighted by Gasteiger charge is -2.29. The Balaban J connectivity index is 0.00000156. The Bertz CT molecular complexity index is 550. The number of rotatable bonds is 1. The van der Waals surface area contributed by atoms with Crippen LogP contribution in [0.3, 0.4) is 0 Å². The molecule has 1 saturated carbocycles. The van der Waals surface area contributed by atoms with Gasteiger partial charge in [-0.05, 0) is 62.0 Å². The van der Waals surface area contributed by atoms with E-state index in [1.165, 1.54) is 49.0 Å². The first kappa shape index (κ1) is 17.2. The fourth-order valence-corrected chi connectivity index (χ4v) is 5.83. The molecule has 0 radical (unpaired) electrons. The highest BCUT2D eigenvalue weighted by Crippen LogP contribution is 2.37. The van der Waals surface area contributed by atoms with Gasteiger partial charge in [0.05, 0.1) is 4.88 Å². The topological polar surface area (TPSA) is 46.3 Å². The van der Waals surface area contributed by atoms with Gasteiger partial charge >= 0.3 is 0 Å². The zero-order valence-corrected chi connectivity index (χ0v) is 15.3. The first-order valence-corrected chi connectivity index (χ1v) is 9.70. The summed E-state index contributed by atoms with van der Waals surface area (Å²) in [5.41, 5.74) is 7.73. The molecule has 2 N–H and O–H groups in total. The van der Waals surface area contributed by atoms with Crippen LogP contribution in [0, 0.1) is 11.8 Å². The van der Waals surface area contributed by atoms with Gasteiger partial charge in [0.1, 0.15) is 0 Å². The Kier molecular flexibility index (Phi) is 5.34. The van der Waals surface area contributed by atoms with Crippen LogP contribution in [0.25, 0.3) is 0 Å². The number of likely N-dealkylation sites (tertiary alicyclic amines) is 1. The molecular weight excluding hydrogens is 328 g/mol. The van der Waals surface area contributed by atoms with E-state index in [0.29, 0.717) is 17.9 Å². The molecule has 3 atom stereocenters. The van der Waals surface area contributed by atoms with Crippen molar-refractivity contribution in [2.45, 2.75) is 57.4 Å². The first-order chi connectivity index (χ1) is 10.7. The summed E-state index contributed by atoms with van der Waals surface area (Å²) >= 11 is 1.76. The van der Waals surface area contributed by atoms with Crippen LogP contribution in [0.5, 0.6) is 0 Å². The summed E-state index contributed by atoms with van der Waals surface area (Å²) in [6.45, 7) is 1.81. The molecule has 2 aliphatic carbocycles. The third kappa shape index (κ3) is 3.31. The van der Waals surface area contributed by atoms with Gasteiger partial charge in [-0.3, -0.25) is 4.79 Å². The monoisotopic (exact) mass is 354 g/mol. The lowest BCUT2D eigenvalue weighted by atomic mass is 9.78. The molecule has 1 aromatic rings. The number of thiophene rings is 1. The van der Waals surface area contributed by atoms with Crippen molar-refractivity contribution in [1.29, 1.82) is 0 Å². The van der Waals surface area contributed by atoms with Crippen molar-refractivity contribution in [3.8, 4) is 0 Å². The van der Waals surface area contributed by atoms with Crippen LogP contribution in [0.15, 0.2) is 6.07 Å². The molecule has 0 aromatic carbocycles. The number of hydrogen-bond donors (Lipinski definition) is 1. The van der Waals surface area contributed by atoms with E-state index in [-0.39, 0.29) is 18.3 Å². The Labute approximate surface area is 149 Å². The molecule has 128 valence electrons. The highest BCUT2D eigenvalue weighted by Gasteiger charge is 2.40. The Morgan fingerprint density at radius 3 is 2.78 bits per heavy atom. The van der Waals surface area contributed by atoms with E-state index in [0.717, 1.165) is 30.8 Å². The fraction of sp³-hybridized carbons (Fsp3) is 0.722. The number of aryl methyl sites for hydroxylation is 2. The van der Waals surface area contributed by atoms with Crippen molar-refractivity contribution in [1.82, 2.24) is 4.90 Å². The second kappa shape index (κ2) is 7.12. The number of carbonyl (C=O) groups excluding carboxylic acids is 1. The van der Waals surface area contributed by atoms with Gasteiger partial charge in [-0.2, -0.15) is 0 Å². The summed E-state index contributed by atoms with van der Waals surface area (Å²) in [7, 11) is 0. The molecular formula is C18H27ClN2OS. The quantitative estimate of drug-likeness (QED) is 0.782. The molecule has 1 saturated heterocycles. The predicted octanol–water partition coefficient (Wildman–Crippen LogP) is 3.64. The minimum absolute atomic E-state index is 0. The van der Waals surface area contributed by atoms with Gasteiger partial charge in [0.2, 0.25) is 0 Å². The van der Waals surface area contributed by atoms with Gasteiger partial charge in [-0.1, -0.05) is 12.8 Å². The Morgan fingerprint density at radius 1 is 1.13 bits per heavy atom. The van der Waals surface area contributed by atoms with Gasteiger partial charge < -0.3 is 10.6 Å². The maximum Gasteiger partial charge on any atom is 0.263 e. The van der Waals surface area contributed by atoms with E-state index in [1.54, 1.807) is 11.3 Å². The highest BCUT2D eigenvalue weighted by molar-refractivity contribution is 7.14. The average molecular weight is 355 g/mol. The third-order valence-electron chi connectivity index (χ3n) is 5.90. The zero-order chi connectivity index (χ0) is 15.1. The minimum Gasteiger partial charge on any atom is -0.337 e. The lowest BCUT2D eigenvalue weighted by Crippen LogP contribution is -2.38. The minimum atomic E-state index is 0. The SMILES string of the molecule is Cl.NC1CCCC2CN(C(=O)c3cc4c(s3)CCCCC4)CC12. The van der Waals surface area contributed by atoms with E-state index in [2.05, 4.69) is 11.0 Å². The second-order valence-corrected chi connectivity index (χ2v) is 8.49. The Hall–Kier alpha value is -0.580. The van der Waals surface area contributed by atoms with Crippen molar-refractivity contribution < 1.29 is 4.79 Å². The molecule has 1 aromatic heterocycles. The smallest absolute Gasteiger partial charge is 0.263 e. The Morgan fingerprint density at radius 2 is 1.96 bits per heavy atom. The number of halogens is 1. The molecule has 0 bridgehead atoms. The number of carbonyl (C=O) groups is 1. The lowest BCUT2D eigenvalue weighted by molar-refractivity contribution is 0.0788. The van der Waals surface area contributed by atoms with Gasteiger partial charge in [0.25, 0.3) is 5.91 Å². The summed E-state index contributed by atoms with van der Waals surface area (Å²) in [6, 6.07) is 2.49. The largest absolute Gasteiger partial charge is 0.337 e. The van der Waals surface area contributed by atoms with Crippen LogP contribution in [0.1, 0.15) is 58.6 Å². The van der Waals surface area contributed by atoms with Crippen molar-refractivity contribution in [3.05, 3.63) is 21.4 Å². The molecule has 1 aliphatic heterocycles. The summed E-state index contributed by atoms with van der Waals surface area (Å²) < 4.78 is 0. The van der Waals surface area contributed by atoms with Crippen molar-refractivity contribution in [2.24, 2.45) is 17.6 Å². The number of fused-ring (bicyclic) bond motifs is 2. The van der Waals surface area contributed by atoms with Crippen molar-refractivity contribution >= 4 is 29.7 Å². The summed E-state index contributed by atoms with van der Waals surface area (Å²) in [6.07, 6.45) is 9.85. The van der Waals surface area contributed by atoms with Crippen LogP contribution in [-0.4, -0.2) is 29.9 Å². The predicted molar refractivity (Wildman–Crippen MR) is 97.5 cm³/mol. The van der Waals surface area contributed by atoms with Crippen LogP contribution in [0.2, 0.25) is 0 Å². The van der Waals surface area contributed by atoms with Crippen LogP contribution in [0.4, 0.5) is 0 Å². The molecule has 2 heterocycles. The average Bonchev–Trinajstić information content (AvgIpc) is 3.07. The summed E-state index contributed by atoms with van der Waals surface area (Å²) in [4.78, 5) is 17.4. The molecule has 3 aliphatic rings. The zero-order valence-electron chi connectivity index (χ0n) is 13.6. The molecule has 1 amide bonds. The van der Waals surface area contributed by atoms with E-state index < -0.39 is 0 Å². The van der Waals surface area contributed by atoms with E-state index in [4.69, 9.17) is 5.73 Å². The molecule has 3 unspecified atom stereocenters. The van der Waals surface area contributed by atoms with E-state index >= 15 is 0 Å². The van der Waals surface area contributed by atoms with Crippen LogP contribution in [-0.2, 0) is 12.8 Å². The van der Waals surface area contributed by atoms with Crippen molar-refractivity contribution in [2.75, 3.05) is 13.1 Å². The molecule has 3 nitrogen and oxygen atoms in total. The maximum atomic E-state index is 12.9. The second-order valence-electron chi connectivity index (χ2n) is 7.35. The van der Waals surface area contributed by atoms with Gasteiger partial charge in [0, 0.05) is 24.0 Å². The highest BCUT2D eigenvalue weighted by atomic mass is 35.5. The van der Waals surface area contributed by atoms with Crippen LogP contribution >= 0.6 is 23.7 Å². The molecule has 23 heavy (non-hydrogen) atoms. The standard InChI is InChI=1S/C18H26N2OS.ClH/c19-15-7-4-6-13-10-20(11-14(13)15)18(21)17-9-12-5-2-1-3-8-16(12)22-17;/h9,13-15H,1-8,10-11,19H2;1H. The van der Waals surface area contributed by atoms with Gasteiger partial charge in [0.15, 0.2) is 0 Å². The summed E-state index contributed by atoms with van der Waals surface area (Å²) in [5.74, 6) is 1.45. The van der Waals surface area contributed by atoms with E-state index in [1.807, 2.05) is 0 Å². The van der Waals surface area contributed by atoms with E-state index in [9.17, 15) is 4.79 Å².